The highest BCUT2D eigenvalue weighted by Crippen LogP contribution is 2.27. The number of hydrogen-bond acceptors (Lipinski definition) is 5. The molecule has 0 spiro atoms. The summed E-state index contributed by atoms with van der Waals surface area (Å²) in [6.45, 7) is 5.87. The third kappa shape index (κ3) is 14.2. The van der Waals surface area contributed by atoms with E-state index in [0.717, 1.165) is 42.4 Å². The number of amides is 1. The monoisotopic (exact) mass is 580 g/mol. The number of benzene rings is 2. The smallest absolute Gasteiger partial charge is 0.262 e. The van der Waals surface area contributed by atoms with Crippen LogP contribution in [0.15, 0.2) is 59.6 Å². The first-order chi connectivity index (χ1) is 20.1. The summed E-state index contributed by atoms with van der Waals surface area (Å²) in [6, 6.07) is 15.5. The van der Waals surface area contributed by atoms with E-state index in [-0.39, 0.29) is 12.5 Å². The molecule has 226 valence electrons. The third-order valence-electron chi connectivity index (χ3n) is 7.45. The van der Waals surface area contributed by atoms with Gasteiger partial charge in [-0.1, -0.05) is 109 Å². The average Bonchev–Trinajstić information content (AvgIpc) is 3.40. The number of anilines is 1. The molecule has 0 saturated carbocycles. The van der Waals surface area contributed by atoms with E-state index in [1.54, 1.807) is 0 Å². The van der Waals surface area contributed by atoms with Gasteiger partial charge in [-0.05, 0) is 54.1 Å². The summed E-state index contributed by atoms with van der Waals surface area (Å²) in [5.41, 5.74) is 1.92. The Labute approximate surface area is 253 Å². The summed E-state index contributed by atoms with van der Waals surface area (Å²) in [6.07, 6.45) is 21.2. The molecule has 0 atom stereocenters. The van der Waals surface area contributed by atoms with E-state index in [1.807, 2.05) is 54.2 Å². The van der Waals surface area contributed by atoms with Crippen LogP contribution < -0.4 is 14.8 Å². The Bertz CT molecular complexity index is 1020. The molecule has 1 aliphatic rings. The SMILES string of the molecule is CCCCCCCCCCCCCCCCOc1ccc(OCC(=O)Nc2ccccc2CN2C=C(C)SC2)cc1. The molecule has 1 amide bonds. The van der Waals surface area contributed by atoms with Crippen molar-refractivity contribution in [2.45, 2.75) is 110 Å². The molecule has 2 aromatic carbocycles. The van der Waals surface area contributed by atoms with Gasteiger partial charge in [0.2, 0.25) is 0 Å². The van der Waals surface area contributed by atoms with Crippen LogP contribution in [0.2, 0.25) is 0 Å². The second-order valence-electron chi connectivity index (χ2n) is 11.2. The summed E-state index contributed by atoms with van der Waals surface area (Å²) < 4.78 is 11.6. The summed E-state index contributed by atoms with van der Waals surface area (Å²) in [5.74, 6) is 2.27. The van der Waals surface area contributed by atoms with Crippen molar-refractivity contribution in [2.75, 3.05) is 24.4 Å². The van der Waals surface area contributed by atoms with E-state index in [1.165, 1.54) is 88.4 Å². The van der Waals surface area contributed by atoms with Gasteiger partial charge >= 0.3 is 0 Å². The first kappa shape index (κ1) is 32.9. The lowest BCUT2D eigenvalue weighted by molar-refractivity contribution is -0.118. The maximum Gasteiger partial charge on any atom is 0.262 e. The van der Waals surface area contributed by atoms with Crippen molar-refractivity contribution in [3.63, 3.8) is 0 Å². The predicted molar refractivity (Wildman–Crippen MR) is 175 cm³/mol. The molecule has 1 N–H and O–H groups in total. The van der Waals surface area contributed by atoms with Crippen LogP contribution in [0.3, 0.4) is 0 Å². The minimum Gasteiger partial charge on any atom is -0.494 e. The van der Waals surface area contributed by atoms with Gasteiger partial charge < -0.3 is 19.7 Å². The Morgan fingerprint density at radius 3 is 1.93 bits per heavy atom. The van der Waals surface area contributed by atoms with Crippen molar-refractivity contribution in [3.05, 3.63) is 65.2 Å². The summed E-state index contributed by atoms with van der Waals surface area (Å²) in [7, 11) is 0. The lowest BCUT2D eigenvalue weighted by Gasteiger charge is -2.18. The Morgan fingerprint density at radius 1 is 0.780 bits per heavy atom. The number of thioether (sulfide) groups is 1. The molecule has 0 bridgehead atoms. The molecular formula is C35H52N2O3S. The Balaban J connectivity index is 1.20. The molecule has 6 heteroatoms. The van der Waals surface area contributed by atoms with Crippen LogP contribution >= 0.6 is 11.8 Å². The molecule has 0 fully saturated rings. The third-order valence-corrected chi connectivity index (χ3v) is 8.47. The molecule has 0 unspecified atom stereocenters. The number of carbonyl (C=O) groups excluding carboxylic acids is 1. The van der Waals surface area contributed by atoms with E-state index in [4.69, 9.17) is 9.47 Å². The molecule has 1 heterocycles. The number of rotatable bonds is 22. The highest BCUT2D eigenvalue weighted by Gasteiger charge is 2.13. The molecule has 0 aliphatic carbocycles. The van der Waals surface area contributed by atoms with Crippen molar-refractivity contribution in [1.82, 2.24) is 4.90 Å². The molecular weight excluding hydrogens is 528 g/mol. The number of hydrogen-bond donors (Lipinski definition) is 1. The van der Waals surface area contributed by atoms with Gasteiger partial charge in [0.25, 0.3) is 5.91 Å². The normalized spacial score (nSPS) is 12.8. The van der Waals surface area contributed by atoms with E-state index in [2.05, 4.69) is 36.3 Å². The van der Waals surface area contributed by atoms with E-state index in [0.29, 0.717) is 5.75 Å². The maximum atomic E-state index is 12.6. The molecule has 0 saturated heterocycles. The van der Waals surface area contributed by atoms with Gasteiger partial charge in [-0.2, -0.15) is 0 Å². The van der Waals surface area contributed by atoms with Gasteiger partial charge in [-0.3, -0.25) is 4.79 Å². The molecule has 0 radical (unpaired) electrons. The second kappa shape index (κ2) is 20.3. The fraction of sp³-hybridized carbons (Fsp3) is 0.571. The van der Waals surface area contributed by atoms with Gasteiger partial charge in [-0.15, -0.1) is 11.8 Å². The Morgan fingerprint density at radius 2 is 1.34 bits per heavy atom. The van der Waals surface area contributed by atoms with Crippen molar-refractivity contribution < 1.29 is 14.3 Å². The quantitative estimate of drug-likeness (QED) is 0.140. The molecule has 5 nitrogen and oxygen atoms in total. The van der Waals surface area contributed by atoms with E-state index < -0.39 is 0 Å². The lowest BCUT2D eigenvalue weighted by atomic mass is 10.0. The standard InChI is InChI=1S/C35H52N2O3S/c1-3-4-5-6-7-8-9-10-11-12-13-14-15-18-25-39-32-21-23-33(24-22-32)40-28-35(38)36-34-20-17-16-19-31(34)27-37-26-30(2)41-29-37/h16-17,19-24,26H,3-15,18,25,27-29H2,1-2H3,(H,36,38). The maximum absolute atomic E-state index is 12.6. The minimum atomic E-state index is -0.168. The van der Waals surface area contributed by atoms with Crippen LogP contribution in [0.25, 0.3) is 0 Å². The van der Waals surface area contributed by atoms with Crippen molar-refractivity contribution in [3.8, 4) is 11.5 Å². The zero-order valence-electron chi connectivity index (χ0n) is 25.5. The van der Waals surface area contributed by atoms with Crippen molar-refractivity contribution in [2.24, 2.45) is 0 Å². The van der Waals surface area contributed by atoms with Crippen molar-refractivity contribution in [1.29, 1.82) is 0 Å². The topological polar surface area (TPSA) is 50.8 Å². The number of allylic oxidation sites excluding steroid dienone is 1. The molecule has 41 heavy (non-hydrogen) atoms. The van der Waals surface area contributed by atoms with Crippen molar-refractivity contribution >= 4 is 23.4 Å². The molecule has 3 rings (SSSR count). The fourth-order valence-corrected chi connectivity index (χ4v) is 5.82. The first-order valence-corrected chi connectivity index (χ1v) is 16.9. The largest absolute Gasteiger partial charge is 0.494 e. The van der Waals surface area contributed by atoms with Gasteiger partial charge in [0.15, 0.2) is 6.61 Å². The number of nitrogens with one attached hydrogen (secondary N) is 1. The van der Waals surface area contributed by atoms with Crippen LogP contribution in [-0.4, -0.2) is 29.9 Å². The van der Waals surface area contributed by atoms with Gasteiger partial charge in [0, 0.05) is 18.4 Å². The van der Waals surface area contributed by atoms with Gasteiger partial charge in [0.1, 0.15) is 11.5 Å². The van der Waals surface area contributed by atoms with Crippen LogP contribution in [-0.2, 0) is 11.3 Å². The number of para-hydroxylation sites is 1. The fourth-order valence-electron chi connectivity index (χ4n) is 5.06. The minimum absolute atomic E-state index is 0.0356. The highest BCUT2D eigenvalue weighted by molar-refractivity contribution is 8.03. The van der Waals surface area contributed by atoms with Crippen LogP contribution in [0, 0.1) is 0 Å². The zero-order chi connectivity index (χ0) is 29.0. The van der Waals surface area contributed by atoms with E-state index >= 15 is 0 Å². The van der Waals surface area contributed by atoms with Crippen LogP contribution in [0.5, 0.6) is 11.5 Å². The van der Waals surface area contributed by atoms with Gasteiger partial charge in [-0.25, -0.2) is 0 Å². The molecule has 2 aromatic rings. The summed E-state index contributed by atoms with van der Waals surface area (Å²) in [4.78, 5) is 16.1. The summed E-state index contributed by atoms with van der Waals surface area (Å²) >= 11 is 1.83. The van der Waals surface area contributed by atoms with E-state index in [9.17, 15) is 4.79 Å². The predicted octanol–water partition coefficient (Wildman–Crippen LogP) is 9.93. The Hall–Kier alpha value is -2.60. The lowest BCUT2D eigenvalue weighted by Crippen LogP contribution is -2.22. The highest BCUT2D eigenvalue weighted by atomic mass is 32.2. The Kier molecular flexibility index (Phi) is 16.3. The average molecular weight is 581 g/mol. The number of nitrogens with zero attached hydrogens (tertiary/aromatic N) is 1. The van der Waals surface area contributed by atoms with Crippen LogP contribution in [0.4, 0.5) is 5.69 Å². The molecule has 0 aromatic heterocycles. The van der Waals surface area contributed by atoms with Gasteiger partial charge in [0.05, 0.1) is 12.5 Å². The number of unbranched alkanes of at least 4 members (excludes halogenated alkanes) is 13. The number of carbonyl (C=O) groups is 1. The number of ether oxygens (including phenoxy) is 2. The van der Waals surface area contributed by atoms with Crippen LogP contribution in [0.1, 0.15) is 109 Å². The summed E-state index contributed by atoms with van der Waals surface area (Å²) in [5, 5.41) is 3.01. The second-order valence-corrected chi connectivity index (χ2v) is 12.4. The zero-order valence-corrected chi connectivity index (χ0v) is 26.3. The molecule has 1 aliphatic heterocycles. The first-order valence-electron chi connectivity index (χ1n) is 15.9.